The van der Waals surface area contributed by atoms with Crippen LogP contribution in [0.15, 0.2) is 42.5 Å². The van der Waals surface area contributed by atoms with Crippen molar-refractivity contribution in [2.24, 2.45) is 0 Å². The van der Waals surface area contributed by atoms with E-state index in [1.807, 2.05) is 56.3 Å². The molecular weight excluding hydrogens is 298 g/mol. The highest BCUT2D eigenvalue weighted by Crippen LogP contribution is 2.24. The molecule has 1 N–H and O–H groups in total. The first-order valence-corrected chi connectivity index (χ1v) is 8.33. The van der Waals surface area contributed by atoms with Crippen LogP contribution in [0.1, 0.15) is 36.1 Å². The maximum atomic E-state index is 11.7. The van der Waals surface area contributed by atoms with Gasteiger partial charge in [-0.05, 0) is 62.6 Å². The lowest BCUT2D eigenvalue weighted by atomic mass is 9.97. The minimum atomic E-state index is -0.908. The number of aliphatic carboxylic acids is 1. The zero-order chi connectivity index (χ0) is 17.7. The second kappa shape index (κ2) is 7.82. The topological polar surface area (TPSA) is 40.5 Å². The molecule has 0 aliphatic heterocycles. The molecule has 126 valence electrons. The molecule has 0 unspecified atom stereocenters. The molecule has 24 heavy (non-hydrogen) atoms. The Morgan fingerprint density at radius 1 is 1.04 bits per heavy atom. The van der Waals surface area contributed by atoms with Gasteiger partial charge >= 0.3 is 5.97 Å². The van der Waals surface area contributed by atoms with Crippen molar-refractivity contribution >= 4 is 23.3 Å². The number of benzene rings is 2. The lowest BCUT2D eigenvalue weighted by Crippen LogP contribution is -2.21. The van der Waals surface area contributed by atoms with E-state index in [0.717, 1.165) is 41.0 Å². The minimum absolute atomic E-state index is 0.322. The number of rotatable bonds is 6. The maximum Gasteiger partial charge on any atom is 0.336 e. The van der Waals surface area contributed by atoms with Crippen LogP contribution in [0.2, 0.25) is 0 Å². The number of carbonyl (C=O) groups is 1. The average molecular weight is 323 g/mol. The van der Waals surface area contributed by atoms with Gasteiger partial charge in [0.05, 0.1) is 5.57 Å². The zero-order valence-corrected chi connectivity index (χ0v) is 14.8. The van der Waals surface area contributed by atoms with Crippen molar-refractivity contribution in [1.82, 2.24) is 0 Å². The van der Waals surface area contributed by atoms with Crippen molar-refractivity contribution in [1.29, 1.82) is 0 Å². The highest BCUT2D eigenvalue weighted by Gasteiger charge is 2.13. The van der Waals surface area contributed by atoms with Crippen molar-refractivity contribution in [3.05, 3.63) is 64.7 Å². The molecule has 0 atom stereocenters. The van der Waals surface area contributed by atoms with E-state index in [2.05, 4.69) is 18.7 Å². The van der Waals surface area contributed by atoms with Gasteiger partial charge in [0.25, 0.3) is 0 Å². The molecule has 3 heteroatoms. The van der Waals surface area contributed by atoms with Gasteiger partial charge in [0.1, 0.15) is 0 Å². The van der Waals surface area contributed by atoms with Gasteiger partial charge in [-0.3, -0.25) is 0 Å². The lowest BCUT2D eigenvalue weighted by Gasteiger charge is -2.20. The van der Waals surface area contributed by atoms with E-state index in [1.165, 1.54) is 0 Å². The van der Waals surface area contributed by atoms with Crippen LogP contribution in [0.3, 0.4) is 0 Å². The largest absolute Gasteiger partial charge is 0.478 e. The summed E-state index contributed by atoms with van der Waals surface area (Å²) in [5.41, 5.74) is 5.24. The number of anilines is 1. The fraction of sp³-hybridized carbons (Fsp3) is 0.286. The van der Waals surface area contributed by atoms with E-state index < -0.39 is 5.97 Å². The monoisotopic (exact) mass is 323 g/mol. The molecule has 3 nitrogen and oxygen atoms in total. The SMILES string of the molecule is CCN(CC)c1ccc(/C=C(\C(=O)O)c2ccc(C)cc2C)cc1. The van der Waals surface area contributed by atoms with Gasteiger partial charge in [0, 0.05) is 18.8 Å². The van der Waals surface area contributed by atoms with Crippen molar-refractivity contribution in [3.8, 4) is 0 Å². The zero-order valence-electron chi connectivity index (χ0n) is 14.8. The van der Waals surface area contributed by atoms with Crippen LogP contribution in [-0.4, -0.2) is 24.2 Å². The van der Waals surface area contributed by atoms with Crippen LogP contribution in [-0.2, 0) is 4.79 Å². The predicted molar refractivity (Wildman–Crippen MR) is 101 cm³/mol. The van der Waals surface area contributed by atoms with Gasteiger partial charge in [-0.2, -0.15) is 0 Å². The number of hydrogen-bond acceptors (Lipinski definition) is 2. The van der Waals surface area contributed by atoms with Gasteiger partial charge in [0.2, 0.25) is 0 Å². The van der Waals surface area contributed by atoms with E-state index in [-0.39, 0.29) is 0 Å². The summed E-state index contributed by atoms with van der Waals surface area (Å²) in [6.45, 7) is 10.1. The highest BCUT2D eigenvalue weighted by molar-refractivity contribution is 6.21. The number of aryl methyl sites for hydroxylation is 2. The Morgan fingerprint density at radius 2 is 1.67 bits per heavy atom. The van der Waals surface area contributed by atoms with Crippen molar-refractivity contribution in [2.45, 2.75) is 27.7 Å². The molecule has 0 heterocycles. The summed E-state index contributed by atoms with van der Waals surface area (Å²) in [4.78, 5) is 14.0. The van der Waals surface area contributed by atoms with Crippen molar-refractivity contribution in [2.75, 3.05) is 18.0 Å². The molecule has 0 aromatic heterocycles. The Balaban J connectivity index is 2.39. The normalized spacial score (nSPS) is 11.4. The summed E-state index contributed by atoms with van der Waals surface area (Å²) in [6.07, 6.45) is 1.74. The van der Waals surface area contributed by atoms with Crippen LogP contribution in [0.25, 0.3) is 11.6 Å². The quantitative estimate of drug-likeness (QED) is 0.614. The van der Waals surface area contributed by atoms with Gasteiger partial charge in [-0.25, -0.2) is 4.79 Å². The molecule has 0 amide bonds. The summed E-state index contributed by atoms with van der Waals surface area (Å²) >= 11 is 0. The van der Waals surface area contributed by atoms with E-state index in [1.54, 1.807) is 6.08 Å². The van der Waals surface area contributed by atoms with Gasteiger partial charge < -0.3 is 10.0 Å². The first kappa shape index (κ1) is 17.8. The Hall–Kier alpha value is -2.55. The fourth-order valence-electron chi connectivity index (χ4n) is 2.91. The summed E-state index contributed by atoms with van der Waals surface area (Å²) in [7, 11) is 0. The van der Waals surface area contributed by atoms with Crippen LogP contribution in [0.5, 0.6) is 0 Å². The second-order valence-corrected chi connectivity index (χ2v) is 5.95. The molecule has 0 aliphatic carbocycles. The summed E-state index contributed by atoms with van der Waals surface area (Å²) in [5, 5.41) is 9.62. The van der Waals surface area contributed by atoms with E-state index in [4.69, 9.17) is 0 Å². The minimum Gasteiger partial charge on any atom is -0.478 e. The van der Waals surface area contributed by atoms with E-state index >= 15 is 0 Å². The van der Waals surface area contributed by atoms with E-state index in [9.17, 15) is 9.90 Å². The van der Waals surface area contributed by atoms with Gasteiger partial charge in [-0.15, -0.1) is 0 Å². The molecule has 0 spiro atoms. The van der Waals surface area contributed by atoms with Crippen LogP contribution in [0, 0.1) is 13.8 Å². The Kier molecular flexibility index (Phi) is 5.80. The number of carboxylic acids is 1. The third-order valence-electron chi connectivity index (χ3n) is 4.24. The maximum absolute atomic E-state index is 11.7. The summed E-state index contributed by atoms with van der Waals surface area (Å²) in [5.74, 6) is -0.908. The van der Waals surface area contributed by atoms with Crippen LogP contribution >= 0.6 is 0 Å². The average Bonchev–Trinajstić information content (AvgIpc) is 2.55. The first-order chi connectivity index (χ1) is 11.5. The Morgan fingerprint density at radius 3 is 2.17 bits per heavy atom. The van der Waals surface area contributed by atoms with Gasteiger partial charge in [-0.1, -0.05) is 35.9 Å². The van der Waals surface area contributed by atoms with E-state index in [0.29, 0.717) is 5.57 Å². The second-order valence-electron chi connectivity index (χ2n) is 5.95. The molecule has 0 aliphatic rings. The molecule has 0 bridgehead atoms. The number of carboxylic acid groups (broad SMARTS) is 1. The Labute approximate surface area is 144 Å². The fourth-order valence-corrected chi connectivity index (χ4v) is 2.91. The molecular formula is C21H25NO2. The lowest BCUT2D eigenvalue weighted by molar-refractivity contribution is -0.130. The van der Waals surface area contributed by atoms with Crippen molar-refractivity contribution < 1.29 is 9.90 Å². The number of hydrogen-bond donors (Lipinski definition) is 1. The van der Waals surface area contributed by atoms with Gasteiger partial charge in [0.15, 0.2) is 0 Å². The Bertz CT molecular complexity index is 741. The summed E-state index contributed by atoms with van der Waals surface area (Å²) < 4.78 is 0. The smallest absolute Gasteiger partial charge is 0.336 e. The standard InChI is InChI=1S/C21H25NO2/c1-5-22(6-2)18-10-8-17(9-11-18)14-20(21(23)24)19-12-7-15(3)13-16(19)4/h7-14H,5-6H2,1-4H3,(H,23,24)/b20-14-. The summed E-state index contributed by atoms with van der Waals surface area (Å²) in [6, 6.07) is 13.9. The molecule has 2 aromatic carbocycles. The third-order valence-corrected chi connectivity index (χ3v) is 4.24. The molecule has 0 saturated carbocycles. The number of nitrogens with zero attached hydrogens (tertiary/aromatic N) is 1. The molecule has 2 aromatic rings. The van der Waals surface area contributed by atoms with Crippen LogP contribution < -0.4 is 4.90 Å². The van der Waals surface area contributed by atoms with Crippen LogP contribution in [0.4, 0.5) is 5.69 Å². The highest BCUT2D eigenvalue weighted by atomic mass is 16.4. The third kappa shape index (κ3) is 4.05. The molecule has 2 rings (SSSR count). The first-order valence-electron chi connectivity index (χ1n) is 8.33. The molecule has 0 radical (unpaired) electrons. The predicted octanol–water partition coefficient (Wildman–Crippen LogP) is 4.77. The molecule has 0 saturated heterocycles. The van der Waals surface area contributed by atoms with Crippen molar-refractivity contribution in [3.63, 3.8) is 0 Å². The molecule has 0 fully saturated rings.